The molecule has 0 spiro atoms. The van der Waals surface area contributed by atoms with Crippen LogP contribution >= 0.6 is 0 Å². The molecular weight excluding hydrogens is 328 g/mol. The van der Waals surface area contributed by atoms with Crippen LogP contribution in [0.3, 0.4) is 0 Å². The summed E-state index contributed by atoms with van der Waals surface area (Å²) in [7, 11) is 1.94. The van der Waals surface area contributed by atoms with Crippen LogP contribution in [-0.4, -0.2) is 48.6 Å². The molecule has 1 aromatic rings. The van der Waals surface area contributed by atoms with Crippen molar-refractivity contribution in [3.63, 3.8) is 0 Å². The largest absolute Gasteiger partial charge is 0.339 e. The molecule has 142 valence electrons. The van der Waals surface area contributed by atoms with E-state index in [-0.39, 0.29) is 11.9 Å². The smallest absolute Gasteiger partial charge is 0.315 e. The summed E-state index contributed by atoms with van der Waals surface area (Å²) < 4.78 is 0. The summed E-state index contributed by atoms with van der Waals surface area (Å²) in [6, 6.07) is 9.89. The molecule has 6 heteroatoms. The maximum Gasteiger partial charge on any atom is 0.315 e. The van der Waals surface area contributed by atoms with E-state index in [2.05, 4.69) is 16.0 Å². The molecular formula is C20H30N4O2. The van der Waals surface area contributed by atoms with Crippen LogP contribution in [0.1, 0.15) is 44.1 Å². The lowest BCUT2D eigenvalue weighted by Crippen LogP contribution is -2.62. The van der Waals surface area contributed by atoms with E-state index in [9.17, 15) is 9.59 Å². The molecule has 3 N–H and O–H groups in total. The van der Waals surface area contributed by atoms with Gasteiger partial charge < -0.3 is 20.9 Å². The van der Waals surface area contributed by atoms with Crippen molar-refractivity contribution in [2.45, 2.75) is 56.7 Å². The molecule has 0 bridgehead atoms. The predicted molar refractivity (Wildman–Crippen MR) is 102 cm³/mol. The number of urea groups is 1. The summed E-state index contributed by atoms with van der Waals surface area (Å²) >= 11 is 0. The quantitative estimate of drug-likeness (QED) is 0.754. The number of likely N-dealkylation sites (N-methyl/N-ethyl adjacent to an activating group) is 1. The molecule has 6 nitrogen and oxygen atoms in total. The van der Waals surface area contributed by atoms with Gasteiger partial charge in [0.15, 0.2) is 0 Å². The lowest BCUT2D eigenvalue weighted by molar-refractivity contribution is -0.139. The van der Waals surface area contributed by atoms with Crippen LogP contribution in [0, 0.1) is 0 Å². The standard InChI is InChI=1S/C20H30N4O2/c1-21-17-10-7-13-24(15-17)18(25)20(11-5-6-12-20)23-19(26)22-14-16-8-3-2-4-9-16/h2-4,8-9,17,21H,5-7,10-15H2,1H3,(H2,22,23,26). The van der Waals surface area contributed by atoms with E-state index in [1.807, 2.05) is 42.3 Å². The second kappa shape index (κ2) is 8.54. The Balaban J connectivity index is 1.61. The molecule has 26 heavy (non-hydrogen) atoms. The van der Waals surface area contributed by atoms with Crippen molar-refractivity contribution in [2.75, 3.05) is 20.1 Å². The molecule has 1 heterocycles. The molecule has 1 aliphatic heterocycles. The van der Waals surface area contributed by atoms with Crippen LogP contribution < -0.4 is 16.0 Å². The molecule has 1 saturated carbocycles. The van der Waals surface area contributed by atoms with Crippen molar-refractivity contribution in [1.29, 1.82) is 0 Å². The fourth-order valence-electron chi connectivity index (χ4n) is 4.11. The third-order valence-corrected chi connectivity index (χ3v) is 5.63. The van der Waals surface area contributed by atoms with Gasteiger partial charge in [-0.25, -0.2) is 4.79 Å². The van der Waals surface area contributed by atoms with Crippen LogP contribution in [-0.2, 0) is 11.3 Å². The summed E-state index contributed by atoms with van der Waals surface area (Å²) in [6.45, 7) is 1.97. The van der Waals surface area contributed by atoms with E-state index < -0.39 is 5.54 Å². The lowest BCUT2D eigenvalue weighted by Gasteiger charge is -2.39. The normalized spacial score (nSPS) is 22.0. The average molecular weight is 358 g/mol. The fourth-order valence-corrected chi connectivity index (χ4v) is 4.11. The molecule has 1 atom stereocenters. The number of nitrogens with one attached hydrogen (secondary N) is 3. The van der Waals surface area contributed by atoms with Gasteiger partial charge in [0.05, 0.1) is 0 Å². The first-order valence-corrected chi connectivity index (χ1v) is 9.69. The van der Waals surface area contributed by atoms with E-state index in [0.29, 0.717) is 12.6 Å². The summed E-state index contributed by atoms with van der Waals surface area (Å²) in [6.07, 6.45) is 5.52. The monoisotopic (exact) mass is 358 g/mol. The zero-order valence-electron chi connectivity index (χ0n) is 15.6. The zero-order valence-corrected chi connectivity index (χ0v) is 15.6. The highest BCUT2D eigenvalue weighted by atomic mass is 16.2. The summed E-state index contributed by atoms with van der Waals surface area (Å²) in [5.41, 5.74) is 0.304. The summed E-state index contributed by atoms with van der Waals surface area (Å²) in [5, 5.41) is 9.20. The number of carbonyl (C=O) groups is 2. The number of piperidine rings is 1. The number of carbonyl (C=O) groups excluding carboxylic acids is 2. The number of rotatable bonds is 5. The average Bonchev–Trinajstić information content (AvgIpc) is 3.16. The number of amides is 3. The highest BCUT2D eigenvalue weighted by Crippen LogP contribution is 2.32. The Labute approximate surface area is 155 Å². The molecule has 1 aliphatic carbocycles. The van der Waals surface area contributed by atoms with E-state index in [4.69, 9.17) is 0 Å². The summed E-state index contributed by atoms with van der Waals surface area (Å²) in [5.74, 6) is 0.0878. The van der Waals surface area contributed by atoms with Gasteiger partial charge in [-0.15, -0.1) is 0 Å². The third kappa shape index (κ3) is 4.36. The van der Waals surface area contributed by atoms with Gasteiger partial charge in [0.2, 0.25) is 5.91 Å². The van der Waals surface area contributed by atoms with Crippen LogP contribution in [0.2, 0.25) is 0 Å². The van der Waals surface area contributed by atoms with Gasteiger partial charge in [0.25, 0.3) is 0 Å². The van der Waals surface area contributed by atoms with E-state index in [1.165, 1.54) is 0 Å². The van der Waals surface area contributed by atoms with Crippen LogP contribution in [0.15, 0.2) is 30.3 Å². The van der Waals surface area contributed by atoms with E-state index in [1.54, 1.807) is 0 Å². The number of benzene rings is 1. The van der Waals surface area contributed by atoms with Crippen molar-refractivity contribution in [1.82, 2.24) is 20.9 Å². The maximum absolute atomic E-state index is 13.2. The Morgan fingerprint density at radius 2 is 1.88 bits per heavy atom. The minimum Gasteiger partial charge on any atom is -0.339 e. The Bertz CT molecular complexity index is 613. The molecule has 2 fully saturated rings. The number of hydrogen-bond donors (Lipinski definition) is 3. The van der Waals surface area contributed by atoms with Crippen LogP contribution in [0.25, 0.3) is 0 Å². The SMILES string of the molecule is CNC1CCCN(C(=O)C2(NC(=O)NCc3ccccc3)CCCC2)C1. The number of nitrogens with zero attached hydrogens (tertiary/aromatic N) is 1. The van der Waals surface area contributed by atoms with Crippen LogP contribution in [0.5, 0.6) is 0 Å². The van der Waals surface area contributed by atoms with Crippen molar-refractivity contribution in [2.24, 2.45) is 0 Å². The van der Waals surface area contributed by atoms with E-state index in [0.717, 1.165) is 57.2 Å². The Hall–Kier alpha value is -2.08. The summed E-state index contributed by atoms with van der Waals surface area (Å²) in [4.78, 5) is 27.7. The first kappa shape index (κ1) is 18.7. The molecule has 1 unspecified atom stereocenters. The molecule has 0 aromatic heterocycles. The number of hydrogen-bond acceptors (Lipinski definition) is 3. The fraction of sp³-hybridized carbons (Fsp3) is 0.600. The molecule has 3 amide bonds. The van der Waals surface area contributed by atoms with Crippen LogP contribution in [0.4, 0.5) is 4.79 Å². The third-order valence-electron chi connectivity index (χ3n) is 5.63. The van der Waals surface area contributed by atoms with Crippen molar-refractivity contribution >= 4 is 11.9 Å². The second-order valence-electron chi connectivity index (χ2n) is 7.46. The van der Waals surface area contributed by atoms with Gasteiger partial charge in [0, 0.05) is 25.7 Å². The molecule has 0 radical (unpaired) electrons. The minimum absolute atomic E-state index is 0.0878. The van der Waals surface area contributed by atoms with Gasteiger partial charge in [-0.1, -0.05) is 43.2 Å². The minimum atomic E-state index is -0.740. The molecule has 1 aromatic carbocycles. The Morgan fingerprint density at radius 1 is 1.15 bits per heavy atom. The van der Waals surface area contributed by atoms with Gasteiger partial charge in [0.1, 0.15) is 5.54 Å². The van der Waals surface area contributed by atoms with Crippen molar-refractivity contribution in [3.8, 4) is 0 Å². The van der Waals surface area contributed by atoms with Crippen molar-refractivity contribution < 1.29 is 9.59 Å². The van der Waals surface area contributed by atoms with Gasteiger partial charge in [-0.2, -0.15) is 0 Å². The Morgan fingerprint density at radius 3 is 2.58 bits per heavy atom. The maximum atomic E-state index is 13.2. The highest BCUT2D eigenvalue weighted by molar-refractivity contribution is 5.91. The van der Waals surface area contributed by atoms with Gasteiger partial charge in [-0.05, 0) is 38.3 Å². The first-order chi connectivity index (χ1) is 12.6. The van der Waals surface area contributed by atoms with Crippen molar-refractivity contribution in [3.05, 3.63) is 35.9 Å². The Kier molecular flexibility index (Phi) is 6.14. The second-order valence-corrected chi connectivity index (χ2v) is 7.46. The molecule has 1 saturated heterocycles. The lowest BCUT2D eigenvalue weighted by atomic mass is 9.93. The first-order valence-electron chi connectivity index (χ1n) is 9.69. The van der Waals surface area contributed by atoms with Gasteiger partial charge >= 0.3 is 6.03 Å². The topological polar surface area (TPSA) is 73.5 Å². The molecule has 3 rings (SSSR count). The predicted octanol–water partition coefficient (Wildman–Crippen LogP) is 2.01. The molecule has 2 aliphatic rings. The van der Waals surface area contributed by atoms with Gasteiger partial charge in [-0.3, -0.25) is 4.79 Å². The zero-order chi connectivity index (χ0) is 18.4. The highest BCUT2D eigenvalue weighted by Gasteiger charge is 2.45. The van der Waals surface area contributed by atoms with E-state index >= 15 is 0 Å². The number of likely N-dealkylation sites (tertiary alicyclic amines) is 1.